The summed E-state index contributed by atoms with van der Waals surface area (Å²) in [5.74, 6) is -0.121. The second kappa shape index (κ2) is 8.68. The van der Waals surface area contributed by atoms with Gasteiger partial charge in [0, 0.05) is 30.5 Å². The molecule has 0 spiro atoms. The normalized spacial score (nSPS) is 15.4. The Morgan fingerprint density at radius 1 is 1.08 bits per heavy atom. The quantitative estimate of drug-likeness (QED) is 0.671. The van der Waals surface area contributed by atoms with Crippen molar-refractivity contribution in [2.45, 2.75) is 32.7 Å². The number of nitrogens with zero attached hydrogens (tertiary/aromatic N) is 1. The summed E-state index contributed by atoms with van der Waals surface area (Å²) in [4.78, 5) is 27.0. The van der Waals surface area contributed by atoms with Crippen molar-refractivity contribution < 1.29 is 14.5 Å². The number of rotatable bonds is 7. The molecule has 0 radical (unpaired) electrons. The third-order valence-corrected chi connectivity index (χ3v) is 4.00. The van der Waals surface area contributed by atoms with Crippen LogP contribution in [0.2, 0.25) is 0 Å². The fraction of sp³-hybridized carbons (Fsp3) is 0.556. The highest BCUT2D eigenvalue weighted by molar-refractivity contribution is 5.91. The molecule has 2 rings (SSSR count). The Morgan fingerprint density at radius 2 is 1.67 bits per heavy atom. The molecule has 1 aromatic rings. The van der Waals surface area contributed by atoms with E-state index in [0.717, 1.165) is 23.7 Å². The molecule has 0 saturated carbocycles. The van der Waals surface area contributed by atoms with Crippen molar-refractivity contribution in [1.82, 2.24) is 5.32 Å². The van der Waals surface area contributed by atoms with E-state index in [9.17, 15) is 9.59 Å². The van der Waals surface area contributed by atoms with Gasteiger partial charge in [0.1, 0.15) is 0 Å². The van der Waals surface area contributed by atoms with Gasteiger partial charge in [-0.1, -0.05) is 0 Å². The van der Waals surface area contributed by atoms with E-state index in [4.69, 9.17) is 0 Å². The van der Waals surface area contributed by atoms with Crippen LogP contribution in [-0.4, -0.2) is 51.1 Å². The molecule has 1 aromatic carbocycles. The molecule has 0 aromatic heterocycles. The maximum Gasteiger partial charge on any atom is 0.279 e. The number of hydrogen-bond donors (Lipinski definition) is 3. The number of benzene rings is 1. The number of hydrogen-bond acceptors (Lipinski definition) is 3. The summed E-state index contributed by atoms with van der Waals surface area (Å²) in [5, 5.41) is 5.73. The number of amides is 2. The molecule has 1 heterocycles. The number of carbonyl (C=O) groups excluding carboxylic acids is 2. The standard InChI is InChI=1S/C18H28N4O2/c1-14(2)19-17(23)12-21(3)13-18(24)20-15-6-8-16(9-7-15)22-10-4-5-11-22/h6-9,14H,4-5,10-13H2,1-3H3,(H,19,23)(H,20,24)/p+1. The molecule has 2 amide bonds. The lowest BCUT2D eigenvalue weighted by Crippen LogP contribution is -3.11. The molecule has 3 N–H and O–H groups in total. The van der Waals surface area contributed by atoms with Gasteiger partial charge in [0.2, 0.25) is 0 Å². The van der Waals surface area contributed by atoms with Gasteiger partial charge >= 0.3 is 0 Å². The Morgan fingerprint density at radius 3 is 2.25 bits per heavy atom. The third-order valence-electron chi connectivity index (χ3n) is 4.00. The molecule has 1 aliphatic heterocycles. The maximum atomic E-state index is 12.1. The van der Waals surface area contributed by atoms with Crippen molar-refractivity contribution in [2.24, 2.45) is 0 Å². The molecule has 0 bridgehead atoms. The highest BCUT2D eigenvalue weighted by atomic mass is 16.2. The van der Waals surface area contributed by atoms with E-state index in [1.807, 2.05) is 45.2 Å². The number of likely N-dealkylation sites (N-methyl/N-ethyl adjacent to an activating group) is 1. The summed E-state index contributed by atoms with van der Waals surface area (Å²) in [5.41, 5.74) is 2.00. The van der Waals surface area contributed by atoms with Crippen molar-refractivity contribution >= 4 is 23.2 Å². The van der Waals surface area contributed by atoms with Gasteiger partial charge in [-0.25, -0.2) is 0 Å². The largest absolute Gasteiger partial charge is 0.372 e. The number of carbonyl (C=O) groups is 2. The molecule has 6 heteroatoms. The zero-order chi connectivity index (χ0) is 17.5. The first-order valence-corrected chi connectivity index (χ1v) is 8.69. The smallest absolute Gasteiger partial charge is 0.279 e. The van der Waals surface area contributed by atoms with Gasteiger partial charge < -0.3 is 20.4 Å². The van der Waals surface area contributed by atoms with Gasteiger partial charge in [0.15, 0.2) is 13.1 Å². The van der Waals surface area contributed by atoms with Crippen LogP contribution in [0.5, 0.6) is 0 Å². The minimum atomic E-state index is -0.0845. The lowest BCUT2D eigenvalue weighted by molar-refractivity contribution is -0.862. The van der Waals surface area contributed by atoms with Gasteiger partial charge in [-0.15, -0.1) is 0 Å². The number of anilines is 2. The van der Waals surface area contributed by atoms with Crippen molar-refractivity contribution in [3.63, 3.8) is 0 Å². The van der Waals surface area contributed by atoms with Gasteiger partial charge in [-0.3, -0.25) is 9.59 Å². The first kappa shape index (κ1) is 18.3. The van der Waals surface area contributed by atoms with Crippen LogP contribution in [0.25, 0.3) is 0 Å². The van der Waals surface area contributed by atoms with E-state index in [-0.39, 0.29) is 24.4 Å². The van der Waals surface area contributed by atoms with E-state index in [1.54, 1.807) is 0 Å². The van der Waals surface area contributed by atoms with Gasteiger partial charge in [-0.2, -0.15) is 0 Å². The summed E-state index contributed by atoms with van der Waals surface area (Å²) < 4.78 is 0. The average molecular weight is 333 g/mol. The lowest BCUT2D eigenvalue weighted by atomic mass is 10.2. The SMILES string of the molecule is CC(C)NC(=O)C[NH+](C)CC(=O)Nc1ccc(N2CCCC2)cc1. The van der Waals surface area contributed by atoms with E-state index >= 15 is 0 Å². The lowest BCUT2D eigenvalue weighted by Gasteiger charge is -2.18. The summed E-state index contributed by atoms with van der Waals surface area (Å²) in [6.07, 6.45) is 2.50. The Labute approximate surface area is 144 Å². The Bertz CT molecular complexity index is 551. The fourth-order valence-electron chi connectivity index (χ4n) is 2.92. The molecule has 1 fully saturated rings. The monoisotopic (exact) mass is 333 g/mol. The van der Waals surface area contributed by atoms with Crippen molar-refractivity contribution in [3.05, 3.63) is 24.3 Å². The predicted molar refractivity (Wildman–Crippen MR) is 96.4 cm³/mol. The van der Waals surface area contributed by atoms with E-state index in [0.29, 0.717) is 6.54 Å². The number of quaternary nitrogens is 1. The molecular formula is C18H29N4O2+. The Hall–Kier alpha value is -2.08. The van der Waals surface area contributed by atoms with Gasteiger partial charge in [0.25, 0.3) is 11.8 Å². The molecule has 1 aliphatic rings. The van der Waals surface area contributed by atoms with Crippen molar-refractivity contribution in [3.8, 4) is 0 Å². The maximum absolute atomic E-state index is 12.1. The fourth-order valence-corrected chi connectivity index (χ4v) is 2.92. The predicted octanol–water partition coefficient (Wildman–Crippen LogP) is 0.265. The molecule has 6 nitrogen and oxygen atoms in total. The highest BCUT2D eigenvalue weighted by Crippen LogP contribution is 2.21. The van der Waals surface area contributed by atoms with Crippen LogP contribution in [0.1, 0.15) is 26.7 Å². The molecular weight excluding hydrogens is 304 g/mol. The number of nitrogens with one attached hydrogen (secondary N) is 3. The van der Waals surface area contributed by atoms with Crippen LogP contribution < -0.4 is 20.4 Å². The van der Waals surface area contributed by atoms with Gasteiger partial charge in [-0.05, 0) is 51.0 Å². The molecule has 24 heavy (non-hydrogen) atoms. The zero-order valence-electron chi connectivity index (χ0n) is 14.9. The molecule has 0 aliphatic carbocycles. The molecule has 1 saturated heterocycles. The van der Waals surface area contributed by atoms with Gasteiger partial charge in [0.05, 0.1) is 7.05 Å². The summed E-state index contributed by atoms with van der Waals surface area (Å²) in [6, 6.07) is 8.09. The van der Waals surface area contributed by atoms with Crippen LogP contribution in [0.4, 0.5) is 11.4 Å². The van der Waals surface area contributed by atoms with Crippen molar-refractivity contribution in [2.75, 3.05) is 43.4 Å². The molecule has 1 atom stereocenters. The summed E-state index contributed by atoms with van der Waals surface area (Å²) in [7, 11) is 1.84. The zero-order valence-corrected chi connectivity index (χ0v) is 14.9. The summed E-state index contributed by atoms with van der Waals surface area (Å²) >= 11 is 0. The second-order valence-corrected chi connectivity index (χ2v) is 6.82. The van der Waals surface area contributed by atoms with Crippen LogP contribution in [0, 0.1) is 0 Å². The van der Waals surface area contributed by atoms with E-state index < -0.39 is 0 Å². The van der Waals surface area contributed by atoms with Crippen LogP contribution in [-0.2, 0) is 9.59 Å². The van der Waals surface area contributed by atoms with Crippen LogP contribution in [0.3, 0.4) is 0 Å². The minimum Gasteiger partial charge on any atom is -0.372 e. The Balaban J connectivity index is 1.78. The second-order valence-electron chi connectivity index (χ2n) is 6.82. The van der Waals surface area contributed by atoms with Crippen LogP contribution in [0.15, 0.2) is 24.3 Å². The first-order chi connectivity index (χ1) is 11.4. The average Bonchev–Trinajstić information content (AvgIpc) is 3.00. The molecule has 1 unspecified atom stereocenters. The first-order valence-electron chi connectivity index (χ1n) is 8.69. The van der Waals surface area contributed by atoms with E-state index in [1.165, 1.54) is 18.5 Å². The Kier molecular flexibility index (Phi) is 6.61. The molecule has 132 valence electrons. The topological polar surface area (TPSA) is 65.9 Å². The third kappa shape index (κ3) is 5.85. The minimum absolute atomic E-state index is 0.0368. The highest BCUT2D eigenvalue weighted by Gasteiger charge is 2.15. The van der Waals surface area contributed by atoms with E-state index in [2.05, 4.69) is 15.5 Å². The summed E-state index contributed by atoms with van der Waals surface area (Å²) in [6.45, 7) is 6.62. The van der Waals surface area contributed by atoms with Crippen LogP contribution >= 0.6 is 0 Å². The van der Waals surface area contributed by atoms with Crippen molar-refractivity contribution in [1.29, 1.82) is 0 Å².